The highest BCUT2D eigenvalue weighted by Gasteiger charge is 2.44. The average Bonchev–Trinajstić information content (AvgIpc) is 3.37. The molecule has 12 heteroatoms. The molecule has 1 atom stereocenters. The summed E-state index contributed by atoms with van der Waals surface area (Å²) in [5.74, 6) is -3.15. The van der Waals surface area contributed by atoms with Crippen molar-refractivity contribution < 1.29 is 26.7 Å². The molecule has 36 heavy (non-hydrogen) atoms. The van der Waals surface area contributed by atoms with Crippen molar-refractivity contribution in [3.63, 3.8) is 0 Å². The molecule has 2 aromatic heterocycles. The topological polar surface area (TPSA) is 108 Å². The number of rotatable bonds is 6. The number of hydrogen-bond donors (Lipinski definition) is 2. The van der Waals surface area contributed by atoms with E-state index in [1.165, 1.54) is 16.4 Å². The van der Waals surface area contributed by atoms with Crippen LogP contribution in [-0.4, -0.2) is 79.5 Å². The fraction of sp³-hybridized carbons (Fsp3) is 0.417. The van der Waals surface area contributed by atoms with E-state index in [1.807, 2.05) is 6.07 Å². The minimum Gasteiger partial charge on any atom is -0.377 e. The highest BCUT2D eigenvalue weighted by atomic mass is 32.2. The van der Waals surface area contributed by atoms with Crippen molar-refractivity contribution in [2.75, 3.05) is 37.7 Å². The molecule has 2 N–H and O–H groups in total. The Morgan fingerprint density at radius 3 is 2.67 bits per heavy atom. The summed E-state index contributed by atoms with van der Waals surface area (Å²) in [6.45, 7) is 0.789. The number of nitrogens with zero attached hydrogens (tertiary/aromatic N) is 3. The van der Waals surface area contributed by atoms with Crippen molar-refractivity contribution in [1.29, 1.82) is 0 Å². The molecule has 6 rings (SSSR count). The van der Waals surface area contributed by atoms with Gasteiger partial charge in [-0.3, -0.25) is 9.78 Å². The number of benzene rings is 1. The molecule has 0 radical (unpaired) electrons. The van der Waals surface area contributed by atoms with E-state index in [4.69, 9.17) is 4.74 Å². The number of ether oxygens (including phenoxy) is 1. The lowest BCUT2D eigenvalue weighted by Gasteiger charge is -2.40. The number of alkyl halides is 2. The van der Waals surface area contributed by atoms with E-state index >= 15 is 0 Å². The van der Waals surface area contributed by atoms with Gasteiger partial charge in [-0.2, -0.15) is 4.31 Å². The molecule has 3 aliphatic heterocycles. The molecule has 0 spiro atoms. The van der Waals surface area contributed by atoms with Crippen LogP contribution in [0.25, 0.3) is 22.3 Å². The number of amides is 1. The van der Waals surface area contributed by atoms with Crippen LogP contribution in [0.3, 0.4) is 0 Å². The summed E-state index contributed by atoms with van der Waals surface area (Å²) in [6, 6.07) is 9.01. The van der Waals surface area contributed by atoms with E-state index < -0.39 is 28.5 Å². The fourth-order valence-electron chi connectivity index (χ4n) is 4.87. The highest BCUT2D eigenvalue weighted by Crippen LogP contribution is 2.39. The molecule has 0 aliphatic carbocycles. The van der Waals surface area contributed by atoms with Crippen LogP contribution in [0.5, 0.6) is 0 Å². The van der Waals surface area contributed by atoms with Crippen LogP contribution in [0.15, 0.2) is 47.5 Å². The number of carbonyl (C=O) groups is 1. The summed E-state index contributed by atoms with van der Waals surface area (Å²) in [5, 5.41) is 2.82. The second-order valence-electron chi connectivity index (χ2n) is 9.49. The number of H-pyrrole nitrogens is 1. The van der Waals surface area contributed by atoms with Gasteiger partial charge in [0.05, 0.1) is 47.4 Å². The summed E-state index contributed by atoms with van der Waals surface area (Å²) in [7, 11) is -4.00. The lowest BCUT2D eigenvalue weighted by atomic mass is 10.1. The van der Waals surface area contributed by atoms with E-state index in [9.17, 15) is 22.0 Å². The van der Waals surface area contributed by atoms with Crippen LogP contribution < -0.4 is 10.2 Å². The van der Waals surface area contributed by atoms with Crippen LogP contribution in [0, 0.1) is 0 Å². The molecule has 3 saturated heterocycles. The first kappa shape index (κ1) is 23.3. The lowest BCUT2D eigenvalue weighted by molar-refractivity contribution is -0.131. The zero-order valence-corrected chi connectivity index (χ0v) is 20.1. The molecular formula is C24H25F2N5O4S. The molecule has 3 aromatic rings. The molecular weight excluding hydrogens is 492 g/mol. The van der Waals surface area contributed by atoms with Crippen molar-refractivity contribution in [2.45, 2.75) is 35.7 Å². The first-order valence-electron chi connectivity index (χ1n) is 11.8. The smallest absolute Gasteiger partial charge is 0.266 e. The maximum absolute atomic E-state index is 14.0. The highest BCUT2D eigenvalue weighted by molar-refractivity contribution is 7.89. The molecule has 5 heterocycles. The van der Waals surface area contributed by atoms with Gasteiger partial charge in [0.1, 0.15) is 6.04 Å². The number of aromatic nitrogens is 2. The van der Waals surface area contributed by atoms with Crippen molar-refractivity contribution in [2.24, 2.45) is 0 Å². The number of sulfonamides is 1. The van der Waals surface area contributed by atoms with Crippen LogP contribution >= 0.6 is 0 Å². The lowest BCUT2D eigenvalue weighted by Crippen LogP contribution is -2.61. The number of hydrogen-bond acceptors (Lipinski definition) is 6. The first-order valence-corrected chi connectivity index (χ1v) is 13.3. The van der Waals surface area contributed by atoms with Crippen molar-refractivity contribution in [3.05, 3.63) is 42.6 Å². The number of carbonyl (C=O) groups excluding carboxylic acids is 1. The third-order valence-electron chi connectivity index (χ3n) is 7.02. The Kier molecular flexibility index (Phi) is 5.50. The second-order valence-corrected chi connectivity index (χ2v) is 11.4. The van der Waals surface area contributed by atoms with Gasteiger partial charge in [0.2, 0.25) is 15.9 Å². The quantitative estimate of drug-likeness (QED) is 0.520. The van der Waals surface area contributed by atoms with Crippen LogP contribution in [0.1, 0.15) is 12.8 Å². The Balaban J connectivity index is 1.36. The predicted octanol–water partition coefficient (Wildman–Crippen LogP) is 2.35. The summed E-state index contributed by atoms with van der Waals surface area (Å²) in [5.41, 5.74) is 3.00. The first-order chi connectivity index (χ1) is 17.2. The number of halogens is 2. The van der Waals surface area contributed by atoms with E-state index in [0.29, 0.717) is 42.1 Å². The third-order valence-corrected chi connectivity index (χ3v) is 8.93. The largest absolute Gasteiger partial charge is 0.377 e. The zero-order valence-electron chi connectivity index (χ0n) is 19.3. The van der Waals surface area contributed by atoms with Gasteiger partial charge in [-0.15, -0.1) is 0 Å². The summed E-state index contributed by atoms with van der Waals surface area (Å²) >= 11 is 0. The monoisotopic (exact) mass is 517 g/mol. The van der Waals surface area contributed by atoms with Gasteiger partial charge in [0, 0.05) is 37.0 Å². The normalized spacial score (nSPS) is 22.4. The molecule has 3 aliphatic rings. The number of fused-ring (bicyclic) bond motifs is 1. The Bertz CT molecular complexity index is 1410. The molecule has 0 unspecified atom stereocenters. The summed E-state index contributed by atoms with van der Waals surface area (Å²) in [4.78, 5) is 21.8. The average molecular weight is 518 g/mol. The van der Waals surface area contributed by atoms with Crippen molar-refractivity contribution in [3.8, 4) is 11.3 Å². The standard InChI is InChI=1S/C24H25F2N5O4S/c25-24(26)6-9-30(14-24)21-4-3-16(10-17(21)19-11-20-18(29-19)2-1-7-27-20)36(33,34)31-8-5-22(31)23(32)28-15-12-35-13-15/h1-4,7,10-11,15,22,29H,5-6,8-9,12-14H2,(H,28,32)/t22-/m0/s1. The second kappa shape index (κ2) is 8.49. The molecule has 190 valence electrons. The Labute approximate surface area is 206 Å². The van der Waals surface area contributed by atoms with Gasteiger partial charge < -0.3 is 19.9 Å². The van der Waals surface area contributed by atoms with Crippen LogP contribution in [-0.2, 0) is 19.6 Å². The minimum atomic E-state index is -4.00. The van der Waals surface area contributed by atoms with E-state index in [0.717, 1.165) is 5.52 Å². The molecule has 9 nitrogen and oxygen atoms in total. The van der Waals surface area contributed by atoms with Gasteiger partial charge >= 0.3 is 0 Å². The molecule has 1 aromatic carbocycles. The fourth-order valence-corrected chi connectivity index (χ4v) is 6.53. The Hall–Kier alpha value is -3.09. The molecule has 0 bridgehead atoms. The number of aromatic amines is 1. The third kappa shape index (κ3) is 4.02. The van der Waals surface area contributed by atoms with E-state index in [1.54, 1.807) is 29.3 Å². The number of nitrogens with one attached hydrogen (secondary N) is 2. The van der Waals surface area contributed by atoms with Crippen LogP contribution in [0.4, 0.5) is 14.5 Å². The minimum absolute atomic E-state index is 0.00306. The summed E-state index contributed by atoms with van der Waals surface area (Å²) in [6.07, 6.45) is 1.81. The van der Waals surface area contributed by atoms with E-state index in [-0.39, 0.29) is 36.4 Å². The molecule has 0 saturated carbocycles. The Morgan fingerprint density at radius 2 is 2.03 bits per heavy atom. The molecule has 3 fully saturated rings. The van der Waals surface area contributed by atoms with Gasteiger partial charge in [0.25, 0.3) is 5.92 Å². The number of pyridine rings is 1. The molecule has 1 amide bonds. The number of anilines is 1. The van der Waals surface area contributed by atoms with Gasteiger partial charge in [-0.05, 0) is 42.8 Å². The maximum Gasteiger partial charge on any atom is 0.266 e. The summed E-state index contributed by atoms with van der Waals surface area (Å²) < 4.78 is 61.5. The van der Waals surface area contributed by atoms with Crippen molar-refractivity contribution in [1.82, 2.24) is 19.6 Å². The van der Waals surface area contributed by atoms with Gasteiger partial charge in [0.15, 0.2) is 0 Å². The van der Waals surface area contributed by atoms with E-state index in [2.05, 4.69) is 15.3 Å². The van der Waals surface area contributed by atoms with Gasteiger partial charge in [-0.1, -0.05) is 0 Å². The SMILES string of the molecule is O=C(NC1COC1)[C@@H]1CCN1S(=O)(=O)c1ccc(N2CCC(F)(F)C2)c(-c2cc3ncccc3[nH]2)c1. The van der Waals surface area contributed by atoms with Gasteiger partial charge in [-0.25, -0.2) is 17.2 Å². The predicted molar refractivity (Wildman–Crippen MR) is 128 cm³/mol. The van der Waals surface area contributed by atoms with Crippen molar-refractivity contribution >= 4 is 32.7 Å². The maximum atomic E-state index is 14.0. The Morgan fingerprint density at radius 1 is 1.19 bits per heavy atom. The zero-order chi connectivity index (χ0) is 25.1. The van der Waals surface area contributed by atoms with Crippen LogP contribution in [0.2, 0.25) is 0 Å².